The number of benzene rings is 1. The largest absolute Gasteiger partial charge is 0.409 e. The van der Waals surface area contributed by atoms with Gasteiger partial charge in [0.25, 0.3) is 0 Å². The van der Waals surface area contributed by atoms with Crippen molar-refractivity contribution in [2.45, 2.75) is 26.1 Å². The molecule has 1 aromatic heterocycles. The van der Waals surface area contributed by atoms with E-state index >= 15 is 0 Å². The summed E-state index contributed by atoms with van der Waals surface area (Å²) < 4.78 is 16.0. The van der Waals surface area contributed by atoms with Gasteiger partial charge in [0.1, 0.15) is 5.82 Å². The molecule has 1 unspecified atom stereocenters. The van der Waals surface area contributed by atoms with Crippen molar-refractivity contribution in [2.24, 2.45) is 10.9 Å². The van der Waals surface area contributed by atoms with Gasteiger partial charge in [0.15, 0.2) is 5.84 Å². The highest BCUT2D eigenvalue weighted by Crippen LogP contribution is 2.13. The van der Waals surface area contributed by atoms with Gasteiger partial charge in [-0.1, -0.05) is 17.3 Å². The van der Waals surface area contributed by atoms with Crippen LogP contribution in [0.25, 0.3) is 0 Å². The fourth-order valence-electron chi connectivity index (χ4n) is 2.01. The molecule has 2 aromatic rings. The van der Waals surface area contributed by atoms with E-state index in [1.165, 1.54) is 6.07 Å². The van der Waals surface area contributed by atoms with Gasteiger partial charge in [0.2, 0.25) is 0 Å². The van der Waals surface area contributed by atoms with Gasteiger partial charge in [0.05, 0.1) is 12.1 Å². The van der Waals surface area contributed by atoms with Crippen molar-refractivity contribution in [1.29, 1.82) is 0 Å². The van der Waals surface area contributed by atoms with Crippen LogP contribution in [-0.4, -0.2) is 26.9 Å². The lowest BCUT2D eigenvalue weighted by atomic mass is 10.1. The second kappa shape index (κ2) is 6.85. The normalized spacial score (nSPS) is 13.3. The van der Waals surface area contributed by atoms with E-state index in [-0.39, 0.29) is 17.4 Å². The summed E-state index contributed by atoms with van der Waals surface area (Å²) in [7, 11) is 0. The molecule has 112 valence electrons. The molecule has 1 heterocycles. The molecule has 4 N–H and O–H groups in total. The van der Waals surface area contributed by atoms with E-state index < -0.39 is 5.82 Å². The SMILES string of the molecule is CC(Cn1cccn1)NCc1cccc(/C(N)=N/O)c1F. The topological polar surface area (TPSA) is 88.5 Å². The summed E-state index contributed by atoms with van der Waals surface area (Å²) in [4.78, 5) is 0. The third-order valence-corrected chi connectivity index (χ3v) is 3.12. The molecular weight excluding hydrogens is 273 g/mol. The second-order valence-corrected chi connectivity index (χ2v) is 4.77. The monoisotopic (exact) mass is 291 g/mol. The first-order valence-corrected chi connectivity index (χ1v) is 6.58. The maximum atomic E-state index is 14.2. The molecule has 0 fully saturated rings. The maximum absolute atomic E-state index is 14.2. The summed E-state index contributed by atoms with van der Waals surface area (Å²) in [6, 6.07) is 6.79. The molecule has 2 rings (SSSR count). The summed E-state index contributed by atoms with van der Waals surface area (Å²) in [5.41, 5.74) is 6.00. The molecular formula is C14H18FN5O. The Morgan fingerprint density at radius 2 is 2.33 bits per heavy atom. The van der Waals surface area contributed by atoms with E-state index in [2.05, 4.69) is 15.6 Å². The van der Waals surface area contributed by atoms with Crippen molar-refractivity contribution in [1.82, 2.24) is 15.1 Å². The molecule has 0 aliphatic heterocycles. The lowest BCUT2D eigenvalue weighted by molar-refractivity contribution is 0.318. The zero-order valence-corrected chi connectivity index (χ0v) is 11.7. The highest BCUT2D eigenvalue weighted by atomic mass is 19.1. The zero-order chi connectivity index (χ0) is 15.2. The quantitative estimate of drug-likeness (QED) is 0.324. The third kappa shape index (κ3) is 3.79. The number of nitrogens with zero attached hydrogens (tertiary/aromatic N) is 3. The number of aromatic nitrogens is 2. The van der Waals surface area contributed by atoms with Gasteiger partial charge in [0, 0.05) is 30.5 Å². The summed E-state index contributed by atoms with van der Waals surface area (Å²) in [6.07, 6.45) is 3.59. The predicted octanol–water partition coefficient (Wildman–Crippen LogP) is 1.29. The van der Waals surface area contributed by atoms with Crippen LogP contribution in [0.1, 0.15) is 18.1 Å². The Kier molecular flexibility index (Phi) is 4.89. The lowest BCUT2D eigenvalue weighted by Crippen LogP contribution is -2.30. The Morgan fingerprint density at radius 3 is 3.00 bits per heavy atom. The van der Waals surface area contributed by atoms with E-state index in [1.54, 1.807) is 23.0 Å². The van der Waals surface area contributed by atoms with Gasteiger partial charge in [-0.15, -0.1) is 0 Å². The number of hydrogen-bond donors (Lipinski definition) is 3. The maximum Gasteiger partial charge on any atom is 0.173 e. The number of nitrogens with two attached hydrogens (primary N) is 1. The first-order valence-electron chi connectivity index (χ1n) is 6.58. The highest BCUT2D eigenvalue weighted by molar-refractivity contribution is 5.97. The number of rotatable bonds is 6. The average Bonchev–Trinajstić information content (AvgIpc) is 2.98. The summed E-state index contributed by atoms with van der Waals surface area (Å²) in [5.74, 6) is -0.717. The van der Waals surface area contributed by atoms with E-state index in [1.807, 2.05) is 19.2 Å². The third-order valence-electron chi connectivity index (χ3n) is 3.12. The minimum Gasteiger partial charge on any atom is -0.409 e. The fraction of sp³-hybridized carbons (Fsp3) is 0.286. The van der Waals surface area contributed by atoms with Gasteiger partial charge >= 0.3 is 0 Å². The van der Waals surface area contributed by atoms with Crippen LogP contribution in [0, 0.1) is 5.82 Å². The molecule has 1 aromatic carbocycles. The molecule has 0 saturated carbocycles. The average molecular weight is 291 g/mol. The van der Waals surface area contributed by atoms with Crippen LogP contribution >= 0.6 is 0 Å². The molecule has 0 bridgehead atoms. The molecule has 21 heavy (non-hydrogen) atoms. The standard InChI is InChI=1S/C14H18FN5O/c1-10(9-20-7-3-6-18-20)17-8-11-4-2-5-12(13(11)15)14(16)19-21/h2-7,10,17,21H,8-9H2,1H3,(H2,16,19). The number of halogens is 1. The van der Waals surface area contributed by atoms with Gasteiger partial charge in [-0.3, -0.25) is 4.68 Å². The van der Waals surface area contributed by atoms with Crippen LogP contribution in [0.3, 0.4) is 0 Å². The van der Waals surface area contributed by atoms with Crippen LogP contribution in [0.2, 0.25) is 0 Å². The Morgan fingerprint density at radius 1 is 1.52 bits per heavy atom. The number of amidine groups is 1. The van der Waals surface area contributed by atoms with Crippen molar-refractivity contribution in [3.63, 3.8) is 0 Å². The van der Waals surface area contributed by atoms with Crippen molar-refractivity contribution in [3.05, 3.63) is 53.6 Å². The molecule has 0 aliphatic carbocycles. The molecule has 0 spiro atoms. The zero-order valence-electron chi connectivity index (χ0n) is 11.7. The molecule has 0 saturated heterocycles. The molecule has 7 heteroatoms. The van der Waals surface area contributed by atoms with Crippen LogP contribution in [0.15, 0.2) is 41.8 Å². The minimum absolute atomic E-state index is 0.0940. The summed E-state index contributed by atoms with van der Waals surface area (Å²) >= 11 is 0. The highest BCUT2D eigenvalue weighted by Gasteiger charge is 2.12. The molecule has 0 amide bonds. The number of nitrogens with one attached hydrogen (secondary N) is 1. The second-order valence-electron chi connectivity index (χ2n) is 4.77. The van der Waals surface area contributed by atoms with Crippen LogP contribution < -0.4 is 11.1 Å². The van der Waals surface area contributed by atoms with E-state index in [9.17, 15) is 4.39 Å². The Balaban J connectivity index is 2.00. The molecule has 1 atom stereocenters. The van der Waals surface area contributed by atoms with Crippen molar-refractivity contribution >= 4 is 5.84 Å². The van der Waals surface area contributed by atoms with E-state index in [4.69, 9.17) is 10.9 Å². The van der Waals surface area contributed by atoms with Gasteiger partial charge < -0.3 is 16.3 Å². The Bertz CT molecular complexity index is 612. The number of oxime groups is 1. The lowest BCUT2D eigenvalue weighted by Gasteiger charge is -2.15. The van der Waals surface area contributed by atoms with Gasteiger partial charge in [-0.25, -0.2) is 4.39 Å². The van der Waals surface area contributed by atoms with Crippen molar-refractivity contribution < 1.29 is 9.60 Å². The smallest absolute Gasteiger partial charge is 0.173 e. The van der Waals surface area contributed by atoms with Crippen molar-refractivity contribution in [3.8, 4) is 0 Å². The summed E-state index contributed by atoms with van der Waals surface area (Å²) in [5, 5.41) is 18.8. The Hall–Kier alpha value is -2.41. The van der Waals surface area contributed by atoms with Crippen molar-refractivity contribution in [2.75, 3.05) is 0 Å². The first kappa shape index (κ1) is 15.0. The van der Waals surface area contributed by atoms with Crippen LogP contribution in [0.4, 0.5) is 4.39 Å². The van der Waals surface area contributed by atoms with Gasteiger partial charge in [-0.2, -0.15) is 5.10 Å². The van der Waals surface area contributed by atoms with Crippen LogP contribution in [-0.2, 0) is 13.1 Å². The summed E-state index contributed by atoms with van der Waals surface area (Å²) in [6.45, 7) is 3.03. The van der Waals surface area contributed by atoms with E-state index in [0.29, 0.717) is 18.7 Å². The predicted molar refractivity (Wildman–Crippen MR) is 77.4 cm³/mol. The molecule has 6 nitrogen and oxygen atoms in total. The Labute approximate surface area is 122 Å². The minimum atomic E-state index is -0.480. The number of hydrogen-bond acceptors (Lipinski definition) is 4. The van der Waals surface area contributed by atoms with Gasteiger partial charge in [-0.05, 0) is 19.1 Å². The first-order chi connectivity index (χ1) is 10.1. The fourth-order valence-corrected chi connectivity index (χ4v) is 2.01. The van der Waals surface area contributed by atoms with Crippen LogP contribution in [0.5, 0.6) is 0 Å². The van der Waals surface area contributed by atoms with E-state index in [0.717, 1.165) is 0 Å². The molecule has 0 radical (unpaired) electrons. The molecule has 0 aliphatic rings.